The van der Waals surface area contributed by atoms with Crippen molar-refractivity contribution in [3.8, 4) is 0 Å². The van der Waals surface area contributed by atoms with Crippen molar-refractivity contribution < 1.29 is 14.3 Å². The van der Waals surface area contributed by atoms with Crippen LogP contribution in [0.3, 0.4) is 0 Å². The van der Waals surface area contributed by atoms with E-state index in [2.05, 4.69) is 23.1 Å². The number of amides is 1. The first-order valence-corrected chi connectivity index (χ1v) is 8.53. The summed E-state index contributed by atoms with van der Waals surface area (Å²) in [6.07, 6.45) is 2.00. The molecule has 1 spiro atoms. The number of nitrogens with zero attached hydrogens (tertiary/aromatic N) is 2. The number of benzene rings is 1. The molecule has 0 unspecified atom stereocenters. The van der Waals surface area contributed by atoms with Crippen LogP contribution < -0.4 is 9.80 Å². The maximum Gasteiger partial charge on any atom is 0.223 e. The van der Waals surface area contributed by atoms with Crippen molar-refractivity contribution in [1.82, 2.24) is 0 Å². The molecule has 1 amide bonds. The minimum Gasteiger partial charge on any atom is -0.381 e. The predicted octanol–water partition coefficient (Wildman–Crippen LogP) is 1.94. The third-order valence-electron chi connectivity index (χ3n) is 5.51. The fourth-order valence-electron chi connectivity index (χ4n) is 4.15. The van der Waals surface area contributed by atoms with Crippen LogP contribution in [0.15, 0.2) is 18.2 Å². The van der Waals surface area contributed by atoms with Crippen molar-refractivity contribution in [3.05, 3.63) is 23.8 Å². The first kappa shape index (κ1) is 15.0. The summed E-state index contributed by atoms with van der Waals surface area (Å²) in [5.41, 5.74) is 3.71. The third-order valence-corrected chi connectivity index (χ3v) is 5.51. The molecule has 5 heteroatoms. The number of ether oxygens (including phenoxy) is 2. The molecule has 0 aromatic heterocycles. The lowest BCUT2D eigenvalue weighted by Gasteiger charge is -2.34. The minimum atomic E-state index is 0.0861. The van der Waals surface area contributed by atoms with Gasteiger partial charge in [0.05, 0.1) is 13.2 Å². The highest BCUT2D eigenvalue weighted by molar-refractivity contribution is 5.95. The van der Waals surface area contributed by atoms with E-state index in [0.29, 0.717) is 0 Å². The van der Waals surface area contributed by atoms with Crippen molar-refractivity contribution >= 4 is 17.3 Å². The van der Waals surface area contributed by atoms with E-state index in [4.69, 9.17) is 9.47 Å². The highest BCUT2D eigenvalue weighted by Crippen LogP contribution is 2.47. The Labute approximate surface area is 137 Å². The van der Waals surface area contributed by atoms with E-state index >= 15 is 0 Å². The van der Waals surface area contributed by atoms with Crippen LogP contribution in [0.5, 0.6) is 0 Å². The van der Waals surface area contributed by atoms with Crippen molar-refractivity contribution in [2.75, 3.05) is 55.9 Å². The normalized spacial score (nSPS) is 23.2. The molecule has 0 radical (unpaired) electrons. The summed E-state index contributed by atoms with van der Waals surface area (Å²) in [4.78, 5) is 16.5. The molecule has 1 aromatic carbocycles. The maximum atomic E-state index is 12.2. The lowest BCUT2D eigenvalue weighted by molar-refractivity contribution is -0.116. The fraction of sp³-hybridized carbons (Fsp3) is 0.611. The molecule has 0 N–H and O–H groups in total. The second-order valence-electron chi connectivity index (χ2n) is 6.80. The van der Waals surface area contributed by atoms with Gasteiger partial charge in [-0.05, 0) is 30.5 Å². The Morgan fingerprint density at radius 1 is 1.09 bits per heavy atom. The lowest BCUT2D eigenvalue weighted by Crippen LogP contribution is -2.40. The number of carbonyl (C=O) groups excluding carboxylic acids is 1. The van der Waals surface area contributed by atoms with E-state index in [0.717, 1.165) is 64.6 Å². The van der Waals surface area contributed by atoms with Gasteiger partial charge in [0.2, 0.25) is 5.91 Å². The average molecular weight is 316 g/mol. The standard InChI is InChI=1S/C18H24N2O3/c1-14(21)20-13-18(4-8-22-9-5-18)16-3-2-15(12-17(16)20)19-6-10-23-11-7-19/h2-3,12H,4-11,13H2,1H3. The molecule has 124 valence electrons. The number of rotatable bonds is 1. The lowest BCUT2D eigenvalue weighted by atomic mass is 9.76. The monoisotopic (exact) mass is 316 g/mol. The Bertz CT molecular complexity index is 604. The molecule has 0 atom stereocenters. The van der Waals surface area contributed by atoms with Crippen LogP contribution in [0.1, 0.15) is 25.3 Å². The molecular weight excluding hydrogens is 292 g/mol. The molecule has 23 heavy (non-hydrogen) atoms. The van der Waals surface area contributed by atoms with E-state index in [1.165, 1.54) is 11.3 Å². The molecular formula is C18H24N2O3. The highest BCUT2D eigenvalue weighted by atomic mass is 16.5. The number of hydrogen-bond acceptors (Lipinski definition) is 4. The number of hydrogen-bond donors (Lipinski definition) is 0. The molecule has 0 saturated carbocycles. The van der Waals surface area contributed by atoms with Gasteiger partial charge in [-0.25, -0.2) is 0 Å². The van der Waals surface area contributed by atoms with E-state index in [1.54, 1.807) is 6.92 Å². The highest BCUT2D eigenvalue weighted by Gasteiger charge is 2.45. The van der Waals surface area contributed by atoms with Gasteiger partial charge in [-0.15, -0.1) is 0 Å². The second kappa shape index (κ2) is 5.80. The van der Waals surface area contributed by atoms with Gasteiger partial charge in [0.25, 0.3) is 0 Å². The molecule has 2 saturated heterocycles. The quantitative estimate of drug-likeness (QED) is 0.794. The molecule has 0 aliphatic carbocycles. The van der Waals surface area contributed by atoms with Crippen molar-refractivity contribution in [1.29, 1.82) is 0 Å². The number of fused-ring (bicyclic) bond motifs is 2. The summed E-state index contributed by atoms with van der Waals surface area (Å²) in [6.45, 7) is 7.42. The number of carbonyl (C=O) groups is 1. The smallest absolute Gasteiger partial charge is 0.223 e. The third kappa shape index (κ3) is 2.52. The van der Waals surface area contributed by atoms with Crippen LogP contribution >= 0.6 is 0 Å². The Morgan fingerprint density at radius 2 is 1.78 bits per heavy atom. The molecule has 3 aliphatic heterocycles. The summed E-state index contributed by atoms with van der Waals surface area (Å²) >= 11 is 0. The molecule has 4 rings (SSSR count). The van der Waals surface area contributed by atoms with Crippen LogP contribution in [0, 0.1) is 0 Å². The van der Waals surface area contributed by atoms with Gasteiger partial charge in [-0.3, -0.25) is 4.79 Å². The van der Waals surface area contributed by atoms with Crippen LogP contribution in [-0.4, -0.2) is 52.0 Å². The molecule has 0 bridgehead atoms. The Morgan fingerprint density at radius 3 is 2.48 bits per heavy atom. The van der Waals surface area contributed by atoms with Gasteiger partial charge in [0.1, 0.15) is 0 Å². The molecule has 1 aromatic rings. The van der Waals surface area contributed by atoms with E-state index in [1.807, 2.05) is 4.90 Å². The molecule has 2 fully saturated rings. The zero-order chi connectivity index (χ0) is 15.9. The zero-order valence-corrected chi connectivity index (χ0v) is 13.7. The summed E-state index contributed by atoms with van der Waals surface area (Å²) < 4.78 is 11.0. The minimum absolute atomic E-state index is 0.0861. The van der Waals surface area contributed by atoms with Gasteiger partial charge < -0.3 is 19.3 Å². The van der Waals surface area contributed by atoms with Crippen molar-refractivity contribution in [2.45, 2.75) is 25.2 Å². The predicted molar refractivity (Wildman–Crippen MR) is 89.2 cm³/mol. The van der Waals surface area contributed by atoms with Gasteiger partial charge >= 0.3 is 0 Å². The topological polar surface area (TPSA) is 42.0 Å². The van der Waals surface area contributed by atoms with Gasteiger partial charge in [-0.1, -0.05) is 6.07 Å². The average Bonchev–Trinajstić information content (AvgIpc) is 2.90. The van der Waals surface area contributed by atoms with E-state index < -0.39 is 0 Å². The van der Waals surface area contributed by atoms with Gasteiger partial charge in [-0.2, -0.15) is 0 Å². The van der Waals surface area contributed by atoms with Gasteiger partial charge in [0, 0.05) is 56.6 Å². The Balaban J connectivity index is 1.72. The molecule has 5 nitrogen and oxygen atoms in total. The molecule has 3 heterocycles. The van der Waals surface area contributed by atoms with E-state index in [-0.39, 0.29) is 11.3 Å². The number of anilines is 2. The van der Waals surface area contributed by atoms with Crippen molar-refractivity contribution in [2.24, 2.45) is 0 Å². The number of morpholine rings is 1. The first-order valence-electron chi connectivity index (χ1n) is 8.53. The van der Waals surface area contributed by atoms with Gasteiger partial charge in [0.15, 0.2) is 0 Å². The summed E-state index contributed by atoms with van der Waals surface area (Å²) in [7, 11) is 0. The summed E-state index contributed by atoms with van der Waals surface area (Å²) in [5.74, 6) is 0.133. The fourth-order valence-corrected chi connectivity index (χ4v) is 4.15. The summed E-state index contributed by atoms with van der Waals surface area (Å²) in [6, 6.07) is 6.66. The van der Waals surface area contributed by atoms with Crippen LogP contribution in [0.2, 0.25) is 0 Å². The SMILES string of the molecule is CC(=O)N1CC2(CCOCC2)c2ccc(N3CCOCC3)cc21. The van der Waals surface area contributed by atoms with Crippen molar-refractivity contribution in [3.63, 3.8) is 0 Å². The molecule has 3 aliphatic rings. The van der Waals surface area contributed by atoms with Crippen LogP contribution in [0.25, 0.3) is 0 Å². The maximum absolute atomic E-state index is 12.2. The first-order chi connectivity index (χ1) is 11.2. The largest absolute Gasteiger partial charge is 0.381 e. The summed E-state index contributed by atoms with van der Waals surface area (Å²) in [5, 5.41) is 0. The Hall–Kier alpha value is -1.59. The van der Waals surface area contributed by atoms with E-state index in [9.17, 15) is 4.79 Å². The second-order valence-corrected chi connectivity index (χ2v) is 6.80. The van der Waals surface area contributed by atoms with Crippen LogP contribution in [-0.2, 0) is 19.7 Å². The van der Waals surface area contributed by atoms with Crippen LogP contribution in [0.4, 0.5) is 11.4 Å². The Kier molecular flexibility index (Phi) is 3.77. The zero-order valence-electron chi connectivity index (χ0n) is 13.7.